The maximum absolute atomic E-state index is 12.9. The van der Waals surface area contributed by atoms with Crippen LogP contribution in [0.2, 0.25) is 0 Å². The third-order valence-electron chi connectivity index (χ3n) is 4.30. The molecule has 2 rings (SSSR count). The normalized spacial score (nSPS) is 21.0. The highest BCUT2D eigenvalue weighted by atomic mass is 19.4. The minimum absolute atomic E-state index is 0.0730. The molecule has 0 aromatic heterocycles. The van der Waals surface area contributed by atoms with E-state index >= 15 is 0 Å². The number of hydrogen-bond acceptors (Lipinski definition) is 3. The smallest absolute Gasteiger partial charge is 0.419 e. The van der Waals surface area contributed by atoms with Crippen molar-refractivity contribution in [2.75, 3.05) is 32.8 Å². The van der Waals surface area contributed by atoms with E-state index in [1.165, 1.54) is 18.2 Å². The van der Waals surface area contributed by atoms with Gasteiger partial charge in [0, 0.05) is 19.1 Å². The second kappa shape index (κ2) is 7.33. The quantitative estimate of drug-likeness (QED) is 0.875. The summed E-state index contributed by atoms with van der Waals surface area (Å²) in [5.74, 6) is -0.0420. The van der Waals surface area contributed by atoms with E-state index in [2.05, 4.69) is 11.8 Å². The fourth-order valence-electron chi connectivity index (χ4n) is 2.90. The molecule has 1 aliphatic rings. The van der Waals surface area contributed by atoms with Crippen LogP contribution < -0.4 is 4.74 Å². The predicted octanol–water partition coefficient (Wildman–Crippen LogP) is 3.03. The maximum Gasteiger partial charge on any atom is 0.419 e. The topological polar surface area (TPSA) is 32.7 Å². The van der Waals surface area contributed by atoms with E-state index in [9.17, 15) is 18.3 Å². The molecule has 1 saturated heterocycles. The monoisotopic (exact) mass is 317 g/mol. The van der Waals surface area contributed by atoms with E-state index in [1.54, 1.807) is 0 Å². The Morgan fingerprint density at radius 1 is 1.36 bits per heavy atom. The van der Waals surface area contributed by atoms with Crippen LogP contribution in [-0.2, 0) is 6.18 Å². The van der Waals surface area contributed by atoms with Crippen molar-refractivity contribution in [3.8, 4) is 5.75 Å². The number of hydrogen-bond donors (Lipinski definition) is 1. The molecule has 22 heavy (non-hydrogen) atoms. The maximum atomic E-state index is 12.9. The number of benzene rings is 1. The Morgan fingerprint density at radius 3 is 2.68 bits per heavy atom. The standard InChI is InChI=1S/C16H22F3NO2/c1-2-20-8-7-12(9-20)13(10-21)11-22-15-6-4-3-5-14(15)16(17,18)19/h3-6,12-13,21H,2,7-11H2,1H3. The van der Waals surface area contributed by atoms with Gasteiger partial charge in [-0.25, -0.2) is 0 Å². The molecule has 1 aliphatic heterocycles. The lowest BCUT2D eigenvalue weighted by Gasteiger charge is -2.23. The molecule has 0 aliphatic carbocycles. The highest BCUT2D eigenvalue weighted by molar-refractivity contribution is 5.35. The van der Waals surface area contributed by atoms with Crippen LogP contribution in [-0.4, -0.2) is 42.9 Å². The van der Waals surface area contributed by atoms with Gasteiger partial charge in [0.05, 0.1) is 12.2 Å². The van der Waals surface area contributed by atoms with E-state index in [1.807, 2.05) is 0 Å². The Morgan fingerprint density at radius 2 is 2.09 bits per heavy atom. The van der Waals surface area contributed by atoms with Gasteiger partial charge in [-0.15, -0.1) is 0 Å². The fourth-order valence-corrected chi connectivity index (χ4v) is 2.90. The number of alkyl halides is 3. The summed E-state index contributed by atoms with van der Waals surface area (Å²) in [4.78, 5) is 2.27. The van der Waals surface area contributed by atoms with Gasteiger partial charge in [0.25, 0.3) is 0 Å². The second-order valence-electron chi connectivity index (χ2n) is 5.69. The van der Waals surface area contributed by atoms with Crippen LogP contribution in [0.3, 0.4) is 0 Å². The molecule has 0 bridgehead atoms. The van der Waals surface area contributed by atoms with Gasteiger partial charge in [0.15, 0.2) is 0 Å². The zero-order valence-corrected chi connectivity index (χ0v) is 12.6. The molecule has 0 spiro atoms. The van der Waals surface area contributed by atoms with Crippen LogP contribution in [0.1, 0.15) is 18.9 Å². The first-order chi connectivity index (χ1) is 10.5. The SMILES string of the molecule is CCN1CCC(C(CO)COc2ccccc2C(F)(F)F)C1. The van der Waals surface area contributed by atoms with E-state index in [4.69, 9.17) is 4.74 Å². The number of ether oxygens (including phenoxy) is 1. The van der Waals surface area contributed by atoms with Crippen molar-refractivity contribution >= 4 is 0 Å². The zero-order valence-electron chi connectivity index (χ0n) is 12.6. The Hall–Kier alpha value is -1.27. The molecule has 1 aromatic carbocycles. The summed E-state index contributed by atoms with van der Waals surface area (Å²) in [5.41, 5.74) is -0.770. The third kappa shape index (κ3) is 4.14. The van der Waals surface area contributed by atoms with Crippen LogP contribution in [0.15, 0.2) is 24.3 Å². The van der Waals surface area contributed by atoms with Crippen LogP contribution >= 0.6 is 0 Å². The summed E-state index contributed by atoms with van der Waals surface area (Å²) >= 11 is 0. The minimum Gasteiger partial charge on any atom is -0.493 e. The van der Waals surface area contributed by atoms with Crippen LogP contribution in [0, 0.1) is 11.8 Å². The Kier molecular flexibility index (Phi) is 5.69. The summed E-state index contributed by atoms with van der Waals surface area (Å²) < 4.78 is 44.1. The first-order valence-corrected chi connectivity index (χ1v) is 7.58. The molecule has 1 fully saturated rings. The van der Waals surface area contributed by atoms with Crippen LogP contribution in [0.25, 0.3) is 0 Å². The highest BCUT2D eigenvalue weighted by Crippen LogP contribution is 2.36. The first-order valence-electron chi connectivity index (χ1n) is 7.58. The summed E-state index contributed by atoms with van der Waals surface area (Å²) in [6.45, 7) is 4.89. The number of nitrogens with zero attached hydrogens (tertiary/aromatic N) is 1. The van der Waals surface area contributed by atoms with Gasteiger partial charge >= 0.3 is 6.18 Å². The number of aliphatic hydroxyl groups is 1. The lowest BCUT2D eigenvalue weighted by Crippen LogP contribution is -2.28. The number of likely N-dealkylation sites (tertiary alicyclic amines) is 1. The van der Waals surface area contributed by atoms with Crippen molar-refractivity contribution in [2.24, 2.45) is 11.8 Å². The molecule has 3 nitrogen and oxygen atoms in total. The average Bonchev–Trinajstić information content (AvgIpc) is 2.96. The highest BCUT2D eigenvalue weighted by Gasteiger charge is 2.35. The molecular weight excluding hydrogens is 295 g/mol. The molecule has 2 unspecified atom stereocenters. The number of rotatable bonds is 6. The molecule has 2 atom stereocenters. The Balaban J connectivity index is 2.00. The van der Waals surface area contributed by atoms with Crippen molar-refractivity contribution < 1.29 is 23.0 Å². The van der Waals surface area contributed by atoms with Crippen molar-refractivity contribution in [1.29, 1.82) is 0 Å². The molecule has 0 amide bonds. The van der Waals surface area contributed by atoms with Gasteiger partial charge in [-0.05, 0) is 37.6 Å². The van der Waals surface area contributed by atoms with Gasteiger partial charge in [-0.1, -0.05) is 19.1 Å². The van der Waals surface area contributed by atoms with Gasteiger partial charge < -0.3 is 14.7 Å². The van der Waals surface area contributed by atoms with Crippen molar-refractivity contribution in [1.82, 2.24) is 4.90 Å². The number of halogens is 3. The number of aliphatic hydroxyl groups excluding tert-OH is 1. The van der Waals surface area contributed by atoms with Crippen molar-refractivity contribution in [3.05, 3.63) is 29.8 Å². The predicted molar refractivity (Wildman–Crippen MR) is 77.7 cm³/mol. The molecule has 6 heteroatoms. The van der Waals surface area contributed by atoms with Gasteiger partial charge in [0.1, 0.15) is 5.75 Å². The lowest BCUT2D eigenvalue weighted by atomic mass is 9.93. The Labute approximate surface area is 128 Å². The zero-order chi connectivity index (χ0) is 16.2. The van der Waals surface area contributed by atoms with E-state index in [0.29, 0.717) is 0 Å². The first kappa shape index (κ1) is 17.1. The molecule has 1 heterocycles. The van der Waals surface area contributed by atoms with Crippen molar-refractivity contribution in [2.45, 2.75) is 19.5 Å². The molecule has 1 aromatic rings. The molecular formula is C16H22F3NO2. The van der Waals surface area contributed by atoms with Gasteiger partial charge in [-0.3, -0.25) is 0 Å². The molecule has 0 saturated carbocycles. The van der Waals surface area contributed by atoms with Gasteiger partial charge in [-0.2, -0.15) is 13.2 Å². The van der Waals surface area contributed by atoms with Gasteiger partial charge in [0.2, 0.25) is 0 Å². The molecule has 124 valence electrons. The van der Waals surface area contributed by atoms with Crippen molar-refractivity contribution in [3.63, 3.8) is 0 Å². The van der Waals surface area contributed by atoms with E-state index in [0.717, 1.165) is 32.1 Å². The summed E-state index contributed by atoms with van der Waals surface area (Å²) in [6, 6.07) is 5.20. The minimum atomic E-state index is -4.43. The van der Waals surface area contributed by atoms with Crippen LogP contribution in [0.5, 0.6) is 5.75 Å². The third-order valence-corrected chi connectivity index (χ3v) is 4.30. The summed E-state index contributed by atoms with van der Waals surface area (Å²) in [7, 11) is 0. The Bertz CT molecular complexity index is 479. The lowest BCUT2D eigenvalue weighted by molar-refractivity contribution is -0.139. The number of para-hydroxylation sites is 1. The summed E-state index contributed by atoms with van der Waals surface area (Å²) in [5, 5.41) is 9.53. The molecule has 1 N–H and O–H groups in total. The molecule has 0 radical (unpaired) electrons. The largest absolute Gasteiger partial charge is 0.493 e. The average molecular weight is 317 g/mol. The summed E-state index contributed by atoms with van der Waals surface area (Å²) in [6.07, 6.45) is -3.49. The second-order valence-corrected chi connectivity index (χ2v) is 5.69. The van der Waals surface area contributed by atoms with E-state index < -0.39 is 11.7 Å². The fraction of sp³-hybridized carbons (Fsp3) is 0.625. The van der Waals surface area contributed by atoms with E-state index in [-0.39, 0.29) is 30.8 Å². The van der Waals surface area contributed by atoms with Crippen LogP contribution in [0.4, 0.5) is 13.2 Å².